The van der Waals surface area contributed by atoms with E-state index in [9.17, 15) is 5.11 Å². The maximum Gasteiger partial charge on any atom is 0.192 e. The van der Waals surface area contributed by atoms with Gasteiger partial charge in [0.15, 0.2) is 16.6 Å². The molecule has 0 bridgehead atoms. The summed E-state index contributed by atoms with van der Waals surface area (Å²) in [5, 5.41) is 9.79. The number of rotatable bonds is 5. The van der Waals surface area contributed by atoms with E-state index in [4.69, 9.17) is 13.6 Å². The molecule has 1 unspecified atom stereocenters. The minimum absolute atomic E-state index is 0.0136. The molecule has 0 aromatic heterocycles. The van der Waals surface area contributed by atoms with Gasteiger partial charge in [-0.3, -0.25) is 0 Å². The molecule has 1 heterocycles. The second kappa shape index (κ2) is 7.36. The number of hydrogen-bond acceptors (Lipinski definition) is 4. The van der Waals surface area contributed by atoms with Gasteiger partial charge in [0.05, 0.1) is 25.4 Å². The number of aliphatic hydroxyl groups is 1. The fourth-order valence-electron chi connectivity index (χ4n) is 3.21. The highest BCUT2D eigenvalue weighted by atomic mass is 28.4. The lowest BCUT2D eigenvalue weighted by Crippen LogP contribution is -2.57. The highest BCUT2D eigenvalue weighted by Gasteiger charge is 2.63. The number of epoxide rings is 1. The van der Waals surface area contributed by atoms with Gasteiger partial charge in [-0.25, -0.2) is 0 Å². The minimum atomic E-state index is -1.93. The van der Waals surface area contributed by atoms with Crippen molar-refractivity contribution in [2.75, 3.05) is 13.2 Å². The molecular weight excluding hydrogens is 372 g/mol. The van der Waals surface area contributed by atoms with Crippen LogP contribution in [0.25, 0.3) is 0 Å². The fraction of sp³-hybridized carbons (Fsp3) is 0.905. The highest BCUT2D eigenvalue weighted by molar-refractivity contribution is 6.74. The van der Waals surface area contributed by atoms with Crippen molar-refractivity contribution >= 4 is 16.6 Å². The summed E-state index contributed by atoms with van der Waals surface area (Å²) in [6.07, 6.45) is 3.65. The second-order valence-electron chi connectivity index (χ2n) is 11.4. The first kappa shape index (κ1) is 23.3. The zero-order valence-electron chi connectivity index (χ0n) is 19.2. The van der Waals surface area contributed by atoms with E-state index in [1.54, 1.807) is 0 Å². The van der Waals surface area contributed by atoms with Crippen molar-refractivity contribution in [2.45, 2.75) is 108 Å². The van der Waals surface area contributed by atoms with Crippen LogP contribution in [0.3, 0.4) is 0 Å². The summed E-state index contributed by atoms with van der Waals surface area (Å²) in [7, 11) is -3.86. The van der Waals surface area contributed by atoms with Crippen LogP contribution >= 0.6 is 0 Å². The molecule has 1 N–H and O–H groups in total. The molecule has 1 saturated carbocycles. The average molecular weight is 415 g/mol. The monoisotopic (exact) mass is 414 g/mol. The van der Waals surface area contributed by atoms with Gasteiger partial charge in [-0.05, 0) is 49.1 Å². The van der Waals surface area contributed by atoms with Crippen LogP contribution in [0, 0.1) is 0 Å². The van der Waals surface area contributed by atoms with Gasteiger partial charge in [0.2, 0.25) is 0 Å². The molecular formula is C21H42O4Si2. The third-order valence-corrected chi connectivity index (χ3v) is 16.3. The Bertz CT molecular complexity index is 524. The van der Waals surface area contributed by atoms with Crippen molar-refractivity contribution in [2.24, 2.45) is 0 Å². The van der Waals surface area contributed by atoms with E-state index in [2.05, 4.69) is 67.7 Å². The van der Waals surface area contributed by atoms with Crippen LogP contribution < -0.4 is 0 Å². The van der Waals surface area contributed by atoms with E-state index >= 15 is 0 Å². The van der Waals surface area contributed by atoms with Crippen molar-refractivity contribution in [3.05, 3.63) is 11.6 Å². The van der Waals surface area contributed by atoms with Crippen molar-refractivity contribution in [1.29, 1.82) is 0 Å². The smallest absolute Gasteiger partial charge is 0.192 e. The third-order valence-electron chi connectivity index (χ3n) is 7.33. The van der Waals surface area contributed by atoms with Gasteiger partial charge < -0.3 is 18.7 Å². The number of ether oxygens (including phenoxy) is 1. The quantitative estimate of drug-likeness (QED) is 0.379. The summed E-state index contributed by atoms with van der Waals surface area (Å²) in [6.45, 7) is 23.6. The molecule has 1 aliphatic carbocycles. The predicted molar refractivity (Wildman–Crippen MR) is 117 cm³/mol. The van der Waals surface area contributed by atoms with Crippen LogP contribution in [-0.2, 0) is 13.6 Å². The second-order valence-corrected chi connectivity index (χ2v) is 20.9. The summed E-state index contributed by atoms with van der Waals surface area (Å²) in [6, 6.07) is 0. The first-order valence-corrected chi connectivity index (χ1v) is 16.2. The predicted octanol–water partition coefficient (Wildman–Crippen LogP) is 5.25. The standard InChI is InChI=1S/C21H42O4Si2/c1-19(2,3)26(7,8)24-17-13-16(11-12-22)14-18(21(17)15-23-21)25-27(9,10)20(4,5)6/h11,17-18,22H,12-15H2,1-10H3/t17-,18+,21?. The molecule has 27 heavy (non-hydrogen) atoms. The van der Waals surface area contributed by atoms with Crippen LogP contribution in [0.2, 0.25) is 36.3 Å². The Morgan fingerprint density at radius 1 is 0.963 bits per heavy atom. The van der Waals surface area contributed by atoms with E-state index < -0.39 is 16.6 Å². The van der Waals surface area contributed by atoms with Gasteiger partial charge in [-0.2, -0.15) is 0 Å². The van der Waals surface area contributed by atoms with E-state index in [1.807, 2.05) is 6.08 Å². The number of aliphatic hydroxyl groups excluding tert-OH is 1. The molecule has 6 heteroatoms. The zero-order chi connectivity index (χ0) is 20.9. The number of hydrogen-bond donors (Lipinski definition) is 1. The molecule has 2 rings (SSSR count). The Hall–Kier alpha value is 0.0138. The molecule has 0 aromatic rings. The van der Waals surface area contributed by atoms with Crippen LogP contribution in [0.15, 0.2) is 11.6 Å². The van der Waals surface area contributed by atoms with Gasteiger partial charge in [-0.15, -0.1) is 0 Å². The Morgan fingerprint density at radius 3 is 1.59 bits per heavy atom. The van der Waals surface area contributed by atoms with Crippen molar-refractivity contribution in [3.63, 3.8) is 0 Å². The van der Waals surface area contributed by atoms with E-state index in [-0.39, 0.29) is 34.5 Å². The Morgan fingerprint density at radius 2 is 1.33 bits per heavy atom. The van der Waals surface area contributed by atoms with E-state index in [0.717, 1.165) is 19.4 Å². The Kier molecular flexibility index (Phi) is 6.35. The van der Waals surface area contributed by atoms with Gasteiger partial charge >= 0.3 is 0 Å². The summed E-state index contributed by atoms with van der Waals surface area (Å²) in [5.74, 6) is 0. The van der Waals surface area contributed by atoms with Crippen LogP contribution in [0.1, 0.15) is 54.4 Å². The first-order chi connectivity index (χ1) is 12.1. The average Bonchev–Trinajstić information content (AvgIpc) is 3.23. The lowest BCUT2D eigenvalue weighted by atomic mass is 9.81. The normalized spacial score (nSPS) is 31.6. The molecule has 158 valence electrons. The van der Waals surface area contributed by atoms with Crippen molar-refractivity contribution in [3.8, 4) is 0 Å². The summed E-state index contributed by atoms with van der Waals surface area (Å²) < 4.78 is 19.8. The molecule has 1 aliphatic heterocycles. The molecule has 0 aromatic carbocycles. The largest absolute Gasteiger partial charge is 0.410 e. The molecule has 2 fully saturated rings. The SMILES string of the molecule is CC(C)(C)[Si](C)(C)O[C@H]1CC(=CCO)C[C@@H](O[Si](C)(C)C(C)(C)C)C12CO2. The van der Waals surface area contributed by atoms with Gasteiger partial charge in [0.1, 0.15) is 5.60 Å². The molecule has 2 aliphatic rings. The molecule has 4 nitrogen and oxygen atoms in total. The summed E-state index contributed by atoms with van der Waals surface area (Å²) >= 11 is 0. The molecule has 0 amide bonds. The topological polar surface area (TPSA) is 51.2 Å². The molecule has 1 saturated heterocycles. The highest BCUT2D eigenvalue weighted by Crippen LogP contribution is 2.51. The molecule has 1 spiro atoms. The van der Waals surface area contributed by atoms with Crippen LogP contribution in [0.5, 0.6) is 0 Å². The van der Waals surface area contributed by atoms with Gasteiger partial charge in [0, 0.05) is 0 Å². The van der Waals surface area contributed by atoms with E-state index in [0.29, 0.717) is 0 Å². The maximum absolute atomic E-state index is 9.49. The third kappa shape index (κ3) is 4.78. The summed E-state index contributed by atoms with van der Waals surface area (Å²) in [4.78, 5) is 0. The van der Waals surface area contributed by atoms with Crippen molar-refractivity contribution in [1.82, 2.24) is 0 Å². The lowest BCUT2D eigenvalue weighted by Gasteiger charge is -2.48. The lowest BCUT2D eigenvalue weighted by molar-refractivity contribution is -0.0174. The van der Waals surface area contributed by atoms with E-state index in [1.165, 1.54) is 5.57 Å². The molecule has 0 radical (unpaired) electrons. The summed E-state index contributed by atoms with van der Waals surface area (Å²) in [5.41, 5.74) is 0.934. The first-order valence-electron chi connectivity index (χ1n) is 10.3. The Labute approximate surface area is 168 Å². The van der Waals surface area contributed by atoms with Crippen molar-refractivity contribution < 1.29 is 18.7 Å². The maximum atomic E-state index is 9.49. The fourth-order valence-corrected chi connectivity index (χ4v) is 5.91. The van der Waals surface area contributed by atoms with Gasteiger partial charge in [-0.1, -0.05) is 53.2 Å². The van der Waals surface area contributed by atoms with Crippen LogP contribution in [-0.4, -0.2) is 52.8 Å². The van der Waals surface area contributed by atoms with Gasteiger partial charge in [0.25, 0.3) is 0 Å². The Balaban J connectivity index is 2.32. The zero-order valence-corrected chi connectivity index (χ0v) is 21.2. The minimum Gasteiger partial charge on any atom is -0.410 e. The van der Waals surface area contributed by atoms with Crippen LogP contribution in [0.4, 0.5) is 0 Å². The molecule has 3 atom stereocenters.